The van der Waals surface area contributed by atoms with E-state index in [4.69, 9.17) is 0 Å². The Kier molecular flexibility index (Phi) is 3.99. The summed E-state index contributed by atoms with van der Waals surface area (Å²) in [4.78, 5) is 2.16. The molecule has 0 aliphatic rings. The predicted octanol–water partition coefficient (Wildman–Crippen LogP) is 3.66. The molecule has 0 aromatic heterocycles. The van der Waals surface area contributed by atoms with Crippen LogP contribution in [-0.4, -0.2) is 14.1 Å². The molecule has 1 heteroatoms. The number of hydrogen-bond donors (Lipinski definition) is 0. The van der Waals surface area contributed by atoms with Gasteiger partial charge in [0.15, 0.2) is 0 Å². The van der Waals surface area contributed by atoms with Crippen molar-refractivity contribution < 1.29 is 0 Å². The van der Waals surface area contributed by atoms with Crippen molar-refractivity contribution in [2.45, 2.75) is 32.6 Å². The van der Waals surface area contributed by atoms with Gasteiger partial charge in [-0.1, -0.05) is 26.0 Å². The van der Waals surface area contributed by atoms with Gasteiger partial charge in [0, 0.05) is 19.8 Å². The first-order chi connectivity index (χ1) is 6.69. The van der Waals surface area contributed by atoms with E-state index in [0.717, 1.165) is 5.92 Å². The van der Waals surface area contributed by atoms with Crippen LogP contribution >= 0.6 is 0 Å². The summed E-state index contributed by atoms with van der Waals surface area (Å²) in [5.74, 6) is 0.717. The summed E-state index contributed by atoms with van der Waals surface area (Å²) in [6.07, 6.45) is 2.46. The molecule has 0 saturated heterocycles. The fourth-order valence-electron chi connectivity index (χ4n) is 1.82. The van der Waals surface area contributed by atoms with Crippen molar-refractivity contribution in [2.75, 3.05) is 19.0 Å². The normalized spacial score (nSPS) is 10.6. The second-order valence-electron chi connectivity index (χ2n) is 4.00. The second-order valence-corrected chi connectivity index (χ2v) is 4.00. The molecule has 0 spiro atoms. The first-order valence-electron chi connectivity index (χ1n) is 5.46. The molecule has 1 rings (SSSR count). The number of nitrogens with zero attached hydrogens (tertiary/aromatic N) is 1. The number of rotatable bonds is 4. The molecule has 0 amide bonds. The highest BCUT2D eigenvalue weighted by Crippen LogP contribution is 2.25. The van der Waals surface area contributed by atoms with Crippen LogP contribution in [0.2, 0.25) is 0 Å². The quantitative estimate of drug-likeness (QED) is 0.702. The van der Waals surface area contributed by atoms with Gasteiger partial charge in [0.25, 0.3) is 0 Å². The van der Waals surface area contributed by atoms with Crippen molar-refractivity contribution in [3.63, 3.8) is 0 Å². The summed E-state index contributed by atoms with van der Waals surface area (Å²) >= 11 is 0. The van der Waals surface area contributed by atoms with Crippen molar-refractivity contribution in [1.82, 2.24) is 0 Å². The van der Waals surface area contributed by atoms with E-state index in [1.54, 1.807) is 0 Å². The van der Waals surface area contributed by atoms with Crippen molar-refractivity contribution >= 4 is 5.69 Å². The predicted molar refractivity (Wildman–Crippen MR) is 64.1 cm³/mol. The van der Waals surface area contributed by atoms with Gasteiger partial charge in [0.05, 0.1) is 0 Å². The molecular weight excluding hydrogens is 170 g/mol. The fraction of sp³-hybridized carbons (Fsp3) is 0.538. The minimum absolute atomic E-state index is 0.717. The van der Waals surface area contributed by atoms with E-state index in [-0.39, 0.29) is 0 Å². The van der Waals surface area contributed by atoms with Gasteiger partial charge < -0.3 is 4.90 Å². The molecule has 0 atom stereocenters. The molecule has 0 aliphatic carbocycles. The maximum Gasteiger partial charge on any atom is 0.0363 e. The Balaban J connectivity index is 2.92. The maximum absolute atomic E-state index is 2.30. The minimum atomic E-state index is 0.717. The van der Waals surface area contributed by atoms with Crippen LogP contribution in [0.4, 0.5) is 5.69 Å². The zero-order chi connectivity index (χ0) is 10.6. The van der Waals surface area contributed by atoms with Gasteiger partial charge in [-0.3, -0.25) is 0 Å². The second kappa shape index (κ2) is 5.04. The summed E-state index contributed by atoms with van der Waals surface area (Å²) in [5, 5.41) is 0. The molecule has 1 aromatic rings. The van der Waals surface area contributed by atoms with E-state index in [9.17, 15) is 0 Å². The summed E-state index contributed by atoms with van der Waals surface area (Å²) in [7, 11) is 4.18. The van der Waals surface area contributed by atoms with Gasteiger partial charge in [-0.25, -0.2) is 0 Å². The van der Waals surface area contributed by atoms with Crippen LogP contribution in [-0.2, 0) is 0 Å². The Bertz CT molecular complexity index is 274. The van der Waals surface area contributed by atoms with E-state index in [1.165, 1.54) is 24.1 Å². The third-order valence-corrected chi connectivity index (χ3v) is 2.84. The van der Waals surface area contributed by atoms with Gasteiger partial charge in [-0.15, -0.1) is 0 Å². The first-order valence-corrected chi connectivity index (χ1v) is 5.46. The Morgan fingerprint density at radius 1 is 1.14 bits per heavy atom. The molecule has 0 aliphatic heterocycles. The average molecular weight is 191 g/mol. The molecule has 0 unspecified atom stereocenters. The summed E-state index contributed by atoms with van der Waals surface area (Å²) < 4.78 is 0. The Morgan fingerprint density at radius 3 is 2.29 bits per heavy atom. The minimum Gasteiger partial charge on any atom is -0.378 e. The standard InChI is InChI=1S/C13H21N/c1-5-11(6-2)12-8-7-9-13(10-12)14(3)4/h7-11H,5-6H2,1-4H3. The van der Waals surface area contributed by atoms with Gasteiger partial charge in [-0.05, 0) is 36.5 Å². The Labute approximate surface area is 87.7 Å². The number of hydrogen-bond acceptors (Lipinski definition) is 1. The van der Waals surface area contributed by atoms with E-state index in [2.05, 4.69) is 57.1 Å². The van der Waals surface area contributed by atoms with Gasteiger partial charge in [0.2, 0.25) is 0 Å². The fourth-order valence-corrected chi connectivity index (χ4v) is 1.82. The topological polar surface area (TPSA) is 3.24 Å². The van der Waals surface area contributed by atoms with Gasteiger partial charge in [0.1, 0.15) is 0 Å². The lowest BCUT2D eigenvalue weighted by Gasteiger charge is -2.17. The van der Waals surface area contributed by atoms with Crippen LogP contribution in [0.15, 0.2) is 24.3 Å². The maximum atomic E-state index is 2.30. The van der Waals surface area contributed by atoms with Crippen molar-refractivity contribution in [3.8, 4) is 0 Å². The first kappa shape index (κ1) is 11.1. The highest BCUT2D eigenvalue weighted by atomic mass is 15.1. The van der Waals surface area contributed by atoms with Crippen molar-refractivity contribution in [2.24, 2.45) is 0 Å². The van der Waals surface area contributed by atoms with Crippen LogP contribution in [0.5, 0.6) is 0 Å². The summed E-state index contributed by atoms with van der Waals surface area (Å²) in [5.41, 5.74) is 2.77. The number of benzene rings is 1. The van der Waals surface area contributed by atoms with Crippen LogP contribution < -0.4 is 4.90 Å². The highest BCUT2D eigenvalue weighted by molar-refractivity contribution is 5.47. The van der Waals surface area contributed by atoms with Crippen LogP contribution in [0.3, 0.4) is 0 Å². The van der Waals surface area contributed by atoms with Gasteiger partial charge in [-0.2, -0.15) is 0 Å². The molecule has 0 heterocycles. The van der Waals surface area contributed by atoms with E-state index in [1.807, 2.05) is 0 Å². The average Bonchev–Trinajstić information content (AvgIpc) is 2.20. The van der Waals surface area contributed by atoms with Crippen LogP contribution in [0.1, 0.15) is 38.2 Å². The third-order valence-electron chi connectivity index (χ3n) is 2.84. The van der Waals surface area contributed by atoms with E-state index in [0.29, 0.717) is 0 Å². The lowest BCUT2D eigenvalue weighted by atomic mass is 9.94. The zero-order valence-corrected chi connectivity index (χ0v) is 9.75. The zero-order valence-electron chi connectivity index (χ0n) is 9.75. The summed E-state index contributed by atoms with van der Waals surface area (Å²) in [6, 6.07) is 8.86. The molecule has 1 nitrogen and oxygen atoms in total. The molecule has 14 heavy (non-hydrogen) atoms. The molecule has 0 radical (unpaired) electrons. The van der Waals surface area contributed by atoms with Crippen molar-refractivity contribution in [1.29, 1.82) is 0 Å². The monoisotopic (exact) mass is 191 g/mol. The highest BCUT2D eigenvalue weighted by Gasteiger charge is 2.07. The Morgan fingerprint density at radius 2 is 1.79 bits per heavy atom. The van der Waals surface area contributed by atoms with E-state index >= 15 is 0 Å². The number of anilines is 1. The van der Waals surface area contributed by atoms with Crippen LogP contribution in [0, 0.1) is 0 Å². The summed E-state index contributed by atoms with van der Waals surface area (Å²) in [6.45, 7) is 4.52. The molecule has 0 N–H and O–H groups in total. The molecular formula is C13H21N. The van der Waals surface area contributed by atoms with Crippen molar-refractivity contribution in [3.05, 3.63) is 29.8 Å². The molecule has 78 valence electrons. The molecule has 0 saturated carbocycles. The van der Waals surface area contributed by atoms with Crippen LogP contribution in [0.25, 0.3) is 0 Å². The largest absolute Gasteiger partial charge is 0.378 e. The molecule has 0 fully saturated rings. The van der Waals surface area contributed by atoms with E-state index < -0.39 is 0 Å². The third kappa shape index (κ3) is 2.50. The lowest BCUT2D eigenvalue weighted by molar-refractivity contribution is 0.642. The smallest absolute Gasteiger partial charge is 0.0363 e. The molecule has 1 aromatic carbocycles. The lowest BCUT2D eigenvalue weighted by Crippen LogP contribution is -2.09. The van der Waals surface area contributed by atoms with Gasteiger partial charge >= 0.3 is 0 Å². The molecule has 0 bridgehead atoms. The Hall–Kier alpha value is -0.980. The SMILES string of the molecule is CCC(CC)c1cccc(N(C)C)c1.